The number of benzene rings is 1. The van der Waals surface area contributed by atoms with Gasteiger partial charge in [-0.3, -0.25) is 9.59 Å². The van der Waals surface area contributed by atoms with E-state index in [4.69, 9.17) is 9.47 Å². The summed E-state index contributed by atoms with van der Waals surface area (Å²) >= 11 is 0. The van der Waals surface area contributed by atoms with Crippen molar-refractivity contribution in [2.45, 2.75) is 25.6 Å². The third-order valence-corrected chi connectivity index (χ3v) is 3.93. The van der Waals surface area contributed by atoms with Crippen molar-refractivity contribution in [3.63, 3.8) is 0 Å². The zero-order valence-electron chi connectivity index (χ0n) is 14.0. The maximum atomic E-state index is 12.1. The Bertz CT molecular complexity index is 578. The normalized spacial score (nSPS) is 20.0. The van der Waals surface area contributed by atoms with Gasteiger partial charge in [0, 0.05) is 38.2 Å². The van der Waals surface area contributed by atoms with Crippen LogP contribution >= 0.6 is 0 Å². The van der Waals surface area contributed by atoms with Crippen LogP contribution in [0.15, 0.2) is 24.3 Å². The minimum absolute atomic E-state index is 0.109. The van der Waals surface area contributed by atoms with E-state index in [2.05, 4.69) is 5.32 Å². The molecule has 2 rings (SSSR count). The van der Waals surface area contributed by atoms with Gasteiger partial charge in [0.1, 0.15) is 11.9 Å². The van der Waals surface area contributed by atoms with Crippen LogP contribution in [0.4, 0.5) is 0 Å². The summed E-state index contributed by atoms with van der Waals surface area (Å²) in [7, 11) is 1.54. The lowest BCUT2D eigenvalue weighted by Crippen LogP contribution is -2.34. The van der Waals surface area contributed by atoms with Crippen LogP contribution in [0.3, 0.4) is 0 Å². The quantitative estimate of drug-likeness (QED) is 0.754. The third-order valence-electron chi connectivity index (χ3n) is 3.93. The molecule has 7 nitrogen and oxygen atoms in total. The Labute approximate surface area is 141 Å². The number of ether oxygens (including phenoxy) is 2. The Morgan fingerprint density at radius 3 is 2.88 bits per heavy atom. The zero-order chi connectivity index (χ0) is 17.5. The van der Waals surface area contributed by atoms with Crippen molar-refractivity contribution in [3.8, 4) is 5.75 Å². The van der Waals surface area contributed by atoms with Crippen LogP contribution in [-0.2, 0) is 9.53 Å². The number of β-amino-alcohol motifs (C(OH)–C–C–N with tert-alkyl or cyclic N) is 1. The van der Waals surface area contributed by atoms with Gasteiger partial charge in [-0.2, -0.15) is 0 Å². The van der Waals surface area contributed by atoms with Gasteiger partial charge < -0.3 is 24.8 Å². The maximum Gasteiger partial charge on any atom is 0.251 e. The number of nitrogens with one attached hydrogen (secondary N) is 1. The average Bonchev–Trinajstić information content (AvgIpc) is 2.96. The molecule has 24 heavy (non-hydrogen) atoms. The zero-order valence-corrected chi connectivity index (χ0v) is 14.0. The second kappa shape index (κ2) is 8.65. The summed E-state index contributed by atoms with van der Waals surface area (Å²) in [6.07, 6.45) is -0.799. The molecule has 2 N–H and O–H groups in total. The smallest absolute Gasteiger partial charge is 0.251 e. The summed E-state index contributed by atoms with van der Waals surface area (Å²) in [5.74, 6) is 0.240. The van der Waals surface area contributed by atoms with Gasteiger partial charge in [-0.1, -0.05) is 6.07 Å². The van der Waals surface area contributed by atoms with E-state index in [9.17, 15) is 14.7 Å². The molecule has 1 saturated heterocycles. The van der Waals surface area contributed by atoms with E-state index in [0.29, 0.717) is 24.5 Å². The third kappa shape index (κ3) is 4.69. The molecule has 0 saturated carbocycles. The first kappa shape index (κ1) is 18.2. The molecule has 132 valence electrons. The standard InChI is InChI=1S/C17H24N2O5/c1-3-24-15-11-19(10-14(15)20)16(21)7-8-18-17(22)12-5-4-6-13(9-12)23-2/h4-6,9,14-15,20H,3,7-8,10-11H2,1-2H3,(H,18,22)/t14-,15-/m1/s1. The highest BCUT2D eigenvalue weighted by atomic mass is 16.5. The maximum absolute atomic E-state index is 12.1. The molecule has 1 aliphatic rings. The van der Waals surface area contributed by atoms with Gasteiger partial charge >= 0.3 is 0 Å². The number of likely N-dealkylation sites (tertiary alicyclic amines) is 1. The molecular formula is C17H24N2O5. The van der Waals surface area contributed by atoms with E-state index in [1.54, 1.807) is 29.2 Å². The Morgan fingerprint density at radius 2 is 2.17 bits per heavy atom. The van der Waals surface area contributed by atoms with Crippen LogP contribution in [0.5, 0.6) is 5.75 Å². The molecule has 0 aromatic heterocycles. The average molecular weight is 336 g/mol. The SMILES string of the molecule is CCO[C@@H]1CN(C(=O)CCNC(=O)c2cccc(OC)c2)C[C@H]1O. The summed E-state index contributed by atoms with van der Waals surface area (Å²) in [5.41, 5.74) is 0.481. The van der Waals surface area contributed by atoms with Crippen LogP contribution in [0.1, 0.15) is 23.7 Å². The van der Waals surface area contributed by atoms with Crippen molar-refractivity contribution in [3.05, 3.63) is 29.8 Å². The lowest BCUT2D eigenvalue weighted by molar-refractivity contribution is -0.130. The minimum atomic E-state index is -0.653. The van der Waals surface area contributed by atoms with Crippen molar-refractivity contribution >= 4 is 11.8 Å². The number of hydrogen-bond donors (Lipinski definition) is 2. The van der Waals surface area contributed by atoms with E-state index >= 15 is 0 Å². The van der Waals surface area contributed by atoms with Crippen LogP contribution in [0.2, 0.25) is 0 Å². The topological polar surface area (TPSA) is 88.1 Å². The number of aliphatic hydroxyl groups is 1. The monoisotopic (exact) mass is 336 g/mol. The van der Waals surface area contributed by atoms with Gasteiger partial charge in [0.2, 0.25) is 5.91 Å². The number of nitrogens with zero attached hydrogens (tertiary/aromatic N) is 1. The number of carbonyl (C=O) groups excluding carboxylic acids is 2. The number of methoxy groups -OCH3 is 1. The molecule has 0 aliphatic carbocycles. The Kier molecular flexibility index (Phi) is 6.57. The van der Waals surface area contributed by atoms with Gasteiger partial charge in [-0.05, 0) is 25.1 Å². The molecule has 1 heterocycles. The molecule has 1 aromatic rings. The molecule has 0 bridgehead atoms. The molecule has 0 radical (unpaired) electrons. The molecule has 1 aliphatic heterocycles. The Balaban J connectivity index is 1.77. The van der Waals surface area contributed by atoms with Gasteiger partial charge in [-0.15, -0.1) is 0 Å². The first-order valence-electron chi connectivity index (χ1n) is 8.04. The molecule has 2 atom stereocenters. The van der Waals surface area contributed by atoms with E-state index in [-0.39, 0.29) is 37.4 Å². The number of rotatable bonds is 7. The summed E-state index contributed by atoms with van der Waals surface area (Å²) in [6, 6.07) is 6.82. The molecular weight excluding hydrogens is 312 g/mol. The summed E-state index contributed by atoms with van der Waals surface area (Å²) in [4.78, 5) is 25.8. The van der Waals surface area contributed by atoms with E-state index in [1.165, 1.54) is 7.11 Å². The molecule has 1 fully saturated rings. The highest BCUT2D eigenvalue weighted by Crippen LogP contribution is 2.15. The van der Waals surface area contributed by atoms with Crippen LogP contribution in [-0.4, -0.2) is 67.4 Å². The molecule has 1 aromatic carbocycles. The summed E-state index contributed by atoms with van der Waals surface area (Å²) < 4.78 is 10.5. The van der Waals surface area contributed by atoms with E-state index < -0.39 is 6.10 Å². The number of aliphatic hydroxyl groups excluding tert-OH is 1. The van der Waals surface area contributed by atoms with Gasteiger partial charge in [0.15, 0.2) is 0 Å². The number of amides is 2. The van der Waals surface area contributed by atoms with Crippen LogP contribution < -0.4 is 10.1 Å². The lowest BCUT2D eigenvalue weighted by Gasteiger charge is -2.16. The van der Waals surface area contributed by atoms with E-state index in [0.717, 1.165) is 0 Å². The predicted octanol–water partition coefficient (Wildman–Crippen LogP) is 0.423. The molecule has 0 spiro atoms. The Morgan fingerprint density at radius 1 is 1.38 bits per heavy atom. The van der Waals surface area contributed by atoms with Crippen LogP contribution in [0, 0.1) is 0 Å². The molecule has 0 unspecified atom stereocenters. The highest BCUT2D eigenvalue weighted by molar-refractivity contribution is 5.94. The van der Waals surface area contributed by atoms with Crippen molar-refractivity contribution < 1.29 is 24.2 Å². The molecule has 7 heteroatoms. The Hall–Kier alpha value is -2.12. The first-order valence-corrected chi connectivity index (χ1v) is 8.04. The van der Waals surface area contributed by atoms with Crippen LogP contribution in [0.25, 0.3) is 0 Å². The molecule has 2 amide bonds. The second-order valence-corrected chi connectivity index (χ2v) is 5.60. The minimum Gasteiger partial charge on any atom is -0.497 e. The number of hydrogen-bond acceptors (Lipinski definition) is 5. The van der Waals surface area contributed by atoms with Gasteiger partial charge in [0.05, 0.1) is 13.2 Å². The fourth-order valence-corrected chi connectivity index (χ4v) is 2.65. The number of carbonyl (C=O) groups is 2. The van der Waals surface area contributed by atoms with Crippen molar-refractivity contribution in [1.82, 2.24) is 10.2 Å². The fraction of sp³-hybridized carbons (Fsp3) is 0.529. The van der Waals surface area contributed by atoms with Crippen molar-refractivity contribution in [2.24, 2.45) is 0 Å². The van der Waals surface area contributed by atoms with Crippen molar-refractivity contribution in [2.75, 3.05) is 33.4 Å². The lowest BCUT2D eigenvalue weighted by atomic mass is 10.2. The fourth-order valence-electron chi connectivity index (χ4n) is 2.65. The van der Waals surface area contributed by atoms with Gasteiger partial charge in [-0.25, -0.2) is 0 Å². The highest BCUT2D eigenvalue weighted by Gasteiger charge is 2.34. The summed E-state index contributed by atoms with van der Waals surface area (Å²) in [6.45, 7) is 3.25. The van der Waals surface area contributed by atoms with Gasteiger partial charge in [0.25, 0.3) is 5.91 Å². The first-order chi connectivity index (χ1) is 11.5. The summed E-state index contributed by atoms with van der Waals surface area (Å²) in [5, 5.41) is 12.6. The predicted molar refractivity (Wildman–Crippen MR) is 87.9 cm³/mol. The van der Waals surface area contributed by atoms with Crippen molar-refractivity contribution in [1.29, 1.82) is 0 Å². The largest absolute Gasteiger partial charge is 0.497 e. The second-order valence-electron chi connectivity index (χ2n) is 5.60. The van der Waals surface area contributed by atoms with E-state index in [1.807, 2.05) is 6.92 Å².